The number of amides is 2. The lowest BCUT2D eigenvalue weighted by Crippen LogP contribution is -2.34. The number of benzene rings is 1. The fraction of sp³-hybridized carbons (Fsp3) is 0.579. The highest BCUT2D eigenvalue weighted by Crippen LogP contribution is 2.37. The fourth-order valence-corrected chi connectivity index (χ4v) is 3.59. The van der Waals surface area contributed by atoms with Crippen LogP contribution in [0.3, 0.4) is 0 Å². The minimum atomic E-state index is -1.35. The van der Waals surface area contributed by atoms with Crippen LogP contribution in [0.5, 0.6) is 0 Å². The molecule has 0 radical (unpaired) electrons. The van der Waals surface area contributed by atoms with Crippen molar-refractivity contribution in [3.05, 3.63) is 29.6 Å². The fourth-order valence-electron chi connectivity index (χ4n) is 3.59. The number of carbonyl (C=O) groups excluding carboxylic acids is 2. The largest absolute Gasteiger partial charge is 0.442 e. The van der Waals surface area contributed by atoms with Crippen molar-refractivity contribution in [2.45, 2.75) is 56.9 Å². The van der Waals surface area contributed by atoms with Gasteiger partial charge >= 0.3 is 6.09 Å². The summed E-state index contributed by atoms with van der Waals surface area (Å²) in [6.45, 7) is 2.15. The van der Waals surface area contributed by atoms with Gasteiger partial charge in [-0.05, 0) is 42.9 Å². The molecule has 4 unspecified atom stereocenters. The van der Waals surface area contributed by atoms with Gasteiger partial charge in [0.05, 0.1) is 24.9 Å². The Hall–Kier alpha value is -2.22. The molecule has 27 heavy (non-hydrogen) atoms. The molecule has 2 fully saturated rings. The van der Waals surface area contributed by atoms with Crippen LogP contribution in [-0.2, 0) is 9.53 Å². The van der Waals surface area contributed by atoms with E-state index in [0.29, 0.717) is 30.5 Å². The van der Waals surface area contributed by atoms with Crippen LogP contribution in [0.15, 0.2) is 18.2 Å². The van der Waals surface area contributed by atoms with Crippen molar-refractivity contribution < 1.29 is 28.2 Å². The summed E-state index contributed by atoms with van der Waals surface area (Å²) in [5.41, 5.74) is 0.755. The Morgan fingerprint density at radius 1 is 1.41 bits per heavy atom. The lowest BCUT2D eigenvalue weighted by atomic mass is 9.81. The van der Waals surface area contributed by atoms with Gasteiger partial charge in [-0.1, -0.05) is 13.0 Å². The number of aliphatic hydroxyl groups excluding tert-OH is 1. The maximum absolute atomic E-state index is 14.6. The summed E-state index contributed by atoms with van der Waals surface area (Å²) in [5.74, 6) is -0.930. The minimum absolute atomic E-state index is 0.0857. The number of rotatable bonds is 5. The molecule has 1 saturated heterocycles. The molecule has 3 rings (SSSR count). The zero-order chi connectivity index (χ0) is 19.6. The van der Waals surface area contributed by atoms with Gasteiger partial charge in [-0.2, -0.15) is 0 Å². The van der Waals surface area contributed by atoms with Gasteiger partial charge in [0.1, 0.15) is 18.1 Å². The summed E-state index contributed by atoms with van der Waals surface area (Å²) in [6.07, 6.45) is -2.18. The maximum Gasteiger partial charge on any atom is 0.414 e. The van der Waals surface area contributed by atoms with Gasteiger partial charge in [0.2, 0.25) is 5.91 Å². The summed E-state index contributed by atoms with van der Waals surface area (Å²) in [5, 5.41) is 12.2. The summed E-state index contributed by atoms with van der Waals surface area (Å²) in [4.78, 5) is 24.7. The number of aliphatic hydroxyl groups is 1. The van der Waals surface area contributed by atoms with E-state index in [1.807, 2.05) is 0 Å². The number of ether oxygens (including phenoxy) is 1. The Balaban J connectivity index is 1.66. The zero-order valence-electron chi connectivity index (χ0n) is 15.2. The first-order chi connectivity index (χ1) is 12.9. The zero-order valence-corrected chi connectivity index (χ0v) is 15.2. The van der Waals surface area contributed by atoms with Crippen molar-refractivity contribution in [3.8, 4) is 0 Å². The third-order valence-corrected chi connectivity index (χ3v) is 5.20. The second-order valence-corrected chi connectivity index (χ2v) is 7.07. The van der Waals surface area contributed by atoms with Crippen LogP contribution in [0.4, 0.5) is 19.3 Å². The van der Waals surface area contributed by atoms with Crippen LogP contribution in [0, 0.1) is 5.82 Å². The van der Waals surface area contributed by atoms with Crippen molar-refractivity contribution in [2.75, 3.05) is 18.0 Å². The van der Waals surface area contributed by atoms with Crippen LogP contribution in [0.2, 0.25) is 0 Å². The third kappa shape index (κ3) is 4.37. The summed E-state index contributed by atoms with van der Waals surface area (Å²) < 4.78 is 33.6. The Morgan fingerprint density at radius 2 is 2.19 bits per heavy atom. The maximum atomic E-state index is 14.6. The van der Waals surface area contributed by atoms with E-state index in [1.165, 1.54) is 11.0 Å². The van der Waals surface area contributed by atoms with E-state index in [1.54, 1.807) is 19.1 Å². The number of alkyl halides is 1. The Labute approximate surface area is 156 Å². The number of carbonyl (C=O) groups is 2. The molecule has 2 amide bonds. The molecule has 0 spiro atoms. The molecule has 1 heterocycles. The van der Waals surface area contributed by atoms with Crippen molar-refractivity contribution in [1.29, 1.82) is 0 Å². The molecular formula is C19H24F2N2O4. The quantitative estimate of drug-likeness (QED) is 0.821. The summed E-state index contributed by atoms with van der Waals surface area (Å²) in [7, 11) is 0. The highest BCUT2D eigenvalue weighted by atomic mass is 19.1. The highest BCUT2D eigenvalue weighted by molar-refractivity contribution is 5.89. The van der Waals surface area contributed by atoms with E-state index >= 15 is 0 Å². The van der Waals surface area contributed by atoms with E-state index in [-0.39, 0.29) is 31.3 Å². The number of cyclic esters (lactones) is 1. The first kappa shape index (κ1) is 19.5. The van der Waals surface area contributed by atoms with E-state index in [0.717, 1.165) is 0 Å². The van der Waals surface area contributed by atoms with Crippen molar-refractivity contribution in [2.24, 2.45) is 0 Å². The summed E-state index contributed by atoms with van der Waals surface area (Å²) in [6, 6.07) is 4.44. The lowest BCUT2D eigenvalue weighted by molar-refractivity contribution is -0.121. The van der Waals surface area contributed by atoms with Gasteiger partial charge in [0, 0.05) is 6.42 Å². The summed E-state index contributed by atoms with van der Waals surface area (Å²) >= 11 is 0. The van der Waals surface area contributed by atoms with Crippen LogP contribution in [0.1, 0.15) is 44.1 Å². The minimum Gasteiger partial charge on any atom is -0.442 e. The predicted molar refractivity (Wildman–Crippen MR) is 94.8 cm³/mol. The van der Waals surface area contributed by atoms with Crippen molar-refractivity contribution >= 4 is 17.7 Å². The van der Waals surface area contributed by atoms with Crippen LogP contribution in [-0.4, -0.2) is 48.6 Å². The normalized spacial score (nSPS) is 28.1. The monoisotopic (exact) mass is 382 g/mol. The molecule has 1 aliphatic heterocycles. The van der Waals surface area contributed by atoms with Crippen molar-refractivity contribution in [3.63, 3.8) is 0 Å². The average Bonchev–Trinajstić information content (AvgIpc) is 3.02. The van der Waals surface area contributed by atoms with Gasteiger partial charge in [0.25, 0.3) is 0 Å². The molecule has 0 aromatic heterocycles. The molecule has 1 aromatic rings. The topological polar surface area (TPSA) is 78.9 Å². The number of hydrogen-bond donors (Lipinski definition) is 2. The van der Waals surface area contributed by atoms with E-state index in [9.17, 15) is 23.5 Å². The number of halogens is 2. The van der Waals surface area contributed by atoms with Gasteiger partial charge in [-0.25, -0.2) is 13.6 Å². The SMILES string of the molecule is CCC(=O)NCC1CN(c2ccc(C3CCC(O)C(F)C3)c(F)c2)C(=O)O1. The third-order valence-electron chi connectivity index (χ3n) is 5.20. The molecule has 0 bridgehead atoms. The van der Waals surface area contributed by atoms with E-state index in [4.69, 9.17) is 4.74 Å². The van der Waals surface area contributed by atoms with Gasteiger partial charge in [-0.3, -0.25) is 9.69 Å². The van der Waals surface area contributed by atoms with Crippen LogP contribution in [0.25, 0.3) is 0 Å². The van der Waals surface area contributed by atoms with Gasteiger partial charge in [0.15, 0.2) is 0 Å². The predicted octanol–water partition coefficient (Wildman–Crippen LogP) is 2.64. The van der Waals surface area contributed by atoms with E-state index in [2.05, 4.69) is 5.32 Å². The standard InChI is InChI=1S/C19H24F2N2O4/c1-2-18(25)22-9-13-10-23(19(26)27-13)12-4-5-14(15(20)8-12)11-3-6-17(24)16(21)7-11/h4-5,8,11,13,16-17,24H,2-3,6-7,9-10H2,1H3,(H,22,25). The highest BCUT2D eigenvalue weighted by Gasteiger charge is 2.34. The number of nitrogens with one attached hydrogen (secondary N) is 1. The van der Waals surface area contributed by atoms with Gasteiger partial charge in [-0.15, -0.1) is 0 Å². The number of hydrogen-bond acceptors (Lipinski definition) is 4. The van der Waals surface area contributed by atoms with Crippen LogP contribution >= 0.6 is 0 Å². The average molecular weight is 382 g/mol. The molecule has 1 aromatic carbocycles. The van der Waals surface area contributed by atoms with E-state index < -0.39 is 30.3 Å². The molecule has 2 aliphatic rings. The molecule has 6 nitrogen and oxygen atoms in total. The number of nitrogens with zero attached hydrogens (tertiary/aromatic N) is 1. The first-order valence-electron chi connectivity index (χ1n) is 9.25. The molecule has 148 valence electrons. The number of anilines is 1. The Kier molecular flexibility index (Phi) is 5.94. The van der Waals surface area contributed by atoms with Gasteiger partial charge < -0.3 is 15.2 Å². The molecule has 4 atom stereocenters. The molecule has 2 N–H and O–H groups in total. The van der Waals surface area contributed by atoms with Crippen molar-refractivity contribution in [1.82, 2.24) is 5.32 Å². The Bertz CT molecular complexity index is 715. The molecule has 1 saturated carbocycles. The smallest absolute Gasteiger partial charge is 0.414 e. The second kappa shape index (κ2) is 8.21. The molecular weight excluding hydrogens is 358 g/mol. The molecule has 1 aliphatic carbocycles. The second-order valence-electron chi connectivity index (χ2n) is 7.07. The Morgan fingerprint density at radius 3 is 2.85 bits per heavy atom. The first-order valence-corrected chi connectivity index (χ1v) is 9.25. The lowest BCUT2D eigenvalue weighted by Gasteiger charge is -2.29. The molecule has 8 heteroatoms. The van der Waals surface area contributed by atoms with Crippen LogP contribution < -0.4 is 10.2 Å².